The van der Waals surface area contributed by atoms with Gasteiger partial charge in [0.15, 0.2) is 5.75 Å². The summed E-state index contributed by atoms with van der Waals surface area (Å²) in [5, 5.41) is 10.1. The van der Waals surface area contributed by atoms with Gasteiger partial charge in [0.1, 0.15) is 5.75 Å². The van der Waals surface area contributed by atoms with Gasteiger partial charge in [0, 0.05) is 12.0 Å². The molecule has 32 heavy (non-hydrogen) atoms. The van der Waals surface area contributed by atoms with E-state index in [4.69, 9.17) is 30.4 Å². The maximum atomic E-state index is 9.80. The van der Waals surface area contributed by atoms with E-state index >= 15 is 0 Å². The van der Waals surface area contributed by atoms with Crippen LogP contribution in [0, 0.1) is 11.3 Å². The lowest BCUT2D eigenvalue weighted by atomic mass is 10.1. The molecule has 0 aliphatic rings. The highest BCUT2D eigenvalue weighted by atomic mass is 35.5. The van der Waals surface area contributed by atoms with E-state index in [9.17, 15) is 10.1 Å². The quantitative estimate of drug-likeness (QED) is 0.381. The SMILES string of the molecule is COc1ccc(C=C(C#N)Cc2sc(OC)c(OC)c2OC)cc1N.C[C@H](N)C(N)=O.Cl. The van der Waals surface area contributed by atoms with Crippen molar-refractivity contribution in [2.45, 2.75) is 19.4 Å². The monoisotopic (exact) mass is 484 g/mol. The first-order valence-electron chi connectivity index (χ1n) is 9.08. The lowest BCUT2D eigenvalue weighted by Gasteiger charge is -2.06. The molecule has 0 aliphatic carbocycles. The molecule has 1 heterocycles. The van der Waals surface area contributed by atoms with Crippen LogP contribution in [0.4, 0.5) is 5.69 Å². The standard InChI is InChI=1S/C18H20N2O4S.C3H8N2O.ClH/c1-21-14-6-5-11(8-13(14)20)7-12(10-19)9-15-16(22-2)17(23-3)18(24-4)25-15;1-2(4)3(5)6;/h5-8H,9,20H2,1-4H3;2H,4H2,1H3,(H2,5,6);1H/t;2-;/m.0./s1. The van der Waals surface area contributed by atoms with Gasteiger partial charge < -0.3 is 36.1 Å². The van der Waals surface area contributed by atoms with Gasteiger partial charge in [0.25, 0.3) is 0 Å². The number of methoxy groups -OCH3 is 4. The number of hydrogen-bond acceptors (Lipinski definition) is 9. The van der Waals surface area contributed by atoms with Crippen molar-refractivity contribution < 1.29 is 23.7 Å². The van der Waals surface area contributed by atoms with Crippen molar-refractivity contribution in [3.05, 3.63) is 34.2 Å². The van der Waals surface area contributed by atoms with Crippen molar-refractivity contribution in [1.29, 1.82) is 5.26 Å². The van der Waals surface area contributed by atoms with E-state index in [1.54, 1.807) is 53.6 Å². The van der Waals surface area contributed by atoms with Crippen LogP contribution in [0.25, 0.3) is 6.08 Å². The minimum atomic E-state index is -0.509. The van der Waals surface area contributed by atoms with E-state index in [1.165, 1.54) is 11.3 Å². The summed E-state index contributed by atoms with van der Waals surface area (Å²) in [6.07, 6.45) is 2.18. The molecule has 1 aromatic carbocycles. The van der Waals surface area contributed by atoms with Crippen LogP contribution in [0.3, 0.4) is 0 Å². The smallest absolute Gasteiger partial charge is 0.234 e. The molecule has 0 spiro atoms. The molecule has 1 atom stereocenters. The first-order valence-corrected chi connectivity index (χ1v) is 9.90. The van der Waals surface area contributed by atoms with Crippen LogP contribution in [-0.4, -0.2) is 40.4 Å². The van der Waals surface area contributed by atoms with E-state index in [0.29, 0.717) is 40.0 Å². The molecule has 0 fully saturated rings. The molecule has 11 heteroatoms. The second-order valence-electron chi connectivity index (χ2n) is 6.23. The maximum Gasteiger partial charge on any atom is 0.234 e. The Kier molecular flexibility index (Phi) is 12.7. The van der Waals surface area contributed by atoms with Crippen LogP contribution in [0.2, 0.25) is 0 Å². The number of amides is 1. The number of rotatable bonds is 8. The molecule has 1 amide bonds. The van der Waals surface area contributed by atoms with Crippen molar-refractivity contribution in [2.75, 3.05) is 34.2 Å². The van der Waals surface area contributed by atoms with Crippen molar-refractivity contribution in [3.63, 3.8) is 0 Å². The molecule has 176 valence electrons. The van der Waals surface area contributed by atoms with Crippen molar-refractivity contribution >= 4 is 41.4 Å². The number of nitriles is 1. The highest BCUT2D eigenvalue weighted by Crippen LogP contribution is 2.48. The lowest BCUT2D eigenvalue weighted by molar-refractivity contribution is -0.118. The zero-order valence-corrected chi connectivity index (χ0v) is 20.3. The predicted molar refractivity (Wildman–Crippen MR) is 129 cm³/mol. The van der Waals surface area contributed by atoms with E-state index in [1.807, 2.05) is 6.07 Å². The third kappa shape index (κ3) is 7.85. The Bertz CT molecular complexity index is 970. The predicted octanol–water partition coefficient (Wildman–Crippen LogP) is 2.76. The number of primary amides is 1. The first-order chi connectivity index (χ1) is 14.7. The fourth-order valence-electron chi connectivity index (χ4n) is 2.40. The summed E-state index contributed by atoms with van der Waals surface area (Å²) in [5.41, 5.74) is 17.5. The van der Waals surface area contributed by atoms with Gasteiger partial charge in [0.2, 0.25) is 16.7 Å². The molecular formula is C21H29ClN4O5S. The first kappa shape index (κ1) is 28.9. The third-order valence-electron chi connectivity index (χ3n) is 3.99. The van der Waals surface area contributed by atoms with Gasteiger partial charge >= 0.3 is 0 Å². The molecule has 6 N–H and O–H groups in total. The molecule has 1 aromatic heterocycles. The second-order valence-corrected chi connectivity index (χ2v) is 7.30. The van der Waals surface area contributed by atoms with Crippen LogP contribution < -0.4 is 36.1 Å². The number of anilines is 1. The number of carbonyl (C=O) groups excluding carboxylic acids is 1. The number of ether oxygens (including phenoxy) is 4. The average molecular weight is 485 g/mol. The number of benzene rings is 1. The van der Waals surface area contributed by atoms with E-state index in [2.05, 4.69) is 11.8 Å². The molecule has 0 saturated carbocycles. The minimum absolute atomic E-state index is 0. The van der Waals surface area contributed by atoms with Crippen LogP contribution in [0.1, 0.15) is 17.4 Å². The van der Waals surface area contributed by atoms with Crippen LogP contribution in [0.5, 0.6) is 22.3 Å². The number of carbonyl (C=O) groups is 1. The van der Waals surface area contributed by atoms with Crippen LogP contribution >= 0.6 is 23.7 Å². The van der Waals surface area contributed by atoms with Gasteiger partial charge in [-0.25, -0.2) is 0 Å². The number of hydrogen-bond donors (Lipinski definition) is 3. The molecule has 2 rings (SSSR count). The Balaban J connectivity index is 0.00000121. The fraction of sp³-hybridized carbons (Fsp3) is 0.333. The second kappa shape index (κ2) is 14.0. The summed E-state index contributed by atoms with van der Waals surface area (Å²) < 4.78 is 21.2. The Labute approximate surface area is 198 Å². The summed E-state index contributed by atoms with van der Waals surface area (Å²) in [5.74, 6) is 1.26. The number of nitrogen functional groups attached to an aromatic ring is 1. The molecule has 9 nitrogen and oxygen atoms in total. The molecule has 0 saturated heterocycles. The van der Waals surface area contributed by atoms with Crippen molar-refractivity contribution in [2.24, 2.45) is 11.5 Å². The minimum Gasteiger partial charge on any atom is -0.495 e. The van der Waals surface area contributed by atoms with Crippen LogP contribution in [0.15, 0.2) is 23.8 Å². The molecule has 0 aliphatic heterocycles. The zero-order chi connectivity index (χ0) is 23.6. The largest absolute Gasteiger partial charge is 0.495 e. The fourth-order valence-corrected chi connectivity index (χ4v) is 3.47. The molecule has 2 aromatic rings. The Morgan fingerprint density at radius 1 is 1.16 bits per heavy atom. The van der Waals surface area contributed by atoms with Crippen molar-refractivity contribution in [3.8, 4) is 28.4 Å². The molecule has 0 unspecified atom stereocenters. The molecular weight excluding hydrogens is 456 g/mol. The number of nitrogens with zero attached hydrogens (tertiary/aromatic N) is 1. The van der Waals surface area contributed by atoms with Crippen LogP contribution in [-0.2, 0) is 11.2 Å². The highest BCUT2D eigenvalue weighted by molar-refractivity contribution is 7.14. The van der Waals surface area contributed by atoms with Gasteiger partial charge in [-0.05, 0) is 30.7 Å². The van der Waals surface area contributed by atoms with Gasteiger partial charge in [-0.3, -0.25) is 4.79 Å². The zero-order valence-electron chi connectivity index (χ0n) is 18.6. The summed E-state index contributed by atoms with van der Waals surface area (Å²) in [4.78, 5) is 10.6. The summed E-state index contributed by atoms with van der Waals surface area (Å²) >= 11 is 1.39. The lowest BCUT2D eigenvalue weighted by Crippen LogP contribution is -2.32. The topological polar surface area (TPSA) is 156 Å². The van der Waals surface area contributed by atoms with Gasteiger partial charge in [-0.1, -0.05) is 17.4 Å². The highest BCUT2D eigenvalue weighted by Gasteiger charge is 2.21. The van der Waals surface area contributed by atoms with Gasteiger partial charge in [0.05, 0.1) is 51.1 Å². The van der Waals surface area contributed by atoms with E-state index in [0.717, 1.165) is 10.4 Å². The number of allylic oxidation sites excluding steroid dienone is 1. The van der Waals surface area contributed by atoms with Gasteiger partial charge in [-0.15, -0.1) is 12.4 Å². The Morgan fingerprint density at radius 2 is 1.75 bits per heavy atom. The summed E-state index contributed by atoms with van der Waals surface area (Å²) in [7, 11) is 6.25. The number of halogens is 1. The Hall–Kier alpha value is -3.13. The number of thiophene rings is 1. The average Bonchev–Trinajstić information content (AvgIpc) is 3.09. The van der Waals surface area contributed by atoms with E-state index < -0.39 is 11.9 Å². The van der Waals surface area contributed by atoms with Gasteiger partial charge in [-0.2, -0.15) is 5.26 Å². The molecule has 0 bridgehead atoms. The van der Waals surface area contributed by atoms with E-state index in [-0.39, 0.29) is 12.4 Å². The number of nitrogens with two attached hydrogens (primary N) is 3. The third-order valence-corrected chi connectivity index (χ3v) is 5.11. The Morgan fingerprint density at radius 3 is 2.16 bits per heavy atom. The summed E-state index contributed by atoms with van der Waals surface area (Å²) in [6.45, 7) is 1.54. The van der Waals surface area contributed by atoms with Crippen molar-refractivity contribution in [1.82, 2.24) is 0 Å². The maximum absolute atomic E-state index is 9.80. The normalized spacial score (nSPS) is 11.1. The summed E-state index contributed by atoms with van der Waals surface area (Å²) in [6, 6.07) is 7.10. The molecule has 0 radical (unpaired) electrons.